The largest absolute Gasteiger partial charge is 0.481 e. The highest BCUT2D eigenvalue weighted by atomic mass is 16.4. The summed E-state index contributed by atoms with van der Waals surface area (Å²) in [6.07, 6.45) is 4.98. The van der Waals surface area contributed by atoms with Gasteiger partial charge in [0.2, 0.25) is 0 Å². The molecule has 2 rings (SSSR count). The number of ketones is 1. The minimum Gasteiger partial charge on any atom is -0.481 e. The van der Waals surface area contributed by atoms with Crippen LogP contribution in [0.4, 0.5) is 0 Å². The standard InChI is InChI=1S/C15H22O3/c1-8-4-5-12(9(2)15(17)18)14-7-11(10(3)16)6-13(8)14/h7-9,12-14H,4-6H2,1-3H3,(H,17,18)/t8-,9-,12?,13+,14+/m1/s1. The van der Waals surface area contributed by atoms with E-state index in [0.29, 0.717) is 17.8 Å². The molecule has 0 spiro atoms. The molecule has 0 aromatic rings. The second kappa shape index (κ2) is 4.87. The van der Waals surface area contributed by atoms with Gasteiger partial charge in [-0.25, -0.2) is 0 Å². The van der Waals surface area contributed by atoms with Crippen molar-refractivity contribution < 1.29 is 14.7 Å². The van der Waals surface area contributed by atoms with Gasteiger partial charge in [0, 0.05) is 0 Å². The molecule has 0 aliphatic heterocycles. The molecular weight excluding hydrogens is 228 g/mol. The number of carbonyl (C=O) groups is 2. The lowest BCUT2D eigenvalue weighted by molar-refractivity contribution is -0.144. The van der Waals surface area contributed by atoms with Crippen molar-refractivity contribution in [1.82, 2.24) is 0 Å². The summed E-state index contributed by atoms with van der Waals surface area (Å²) in [6.45, 7) is 5.65. The summed E-state index contributed by atoms with van der Waals surface area (Å²) in [7, 11) is 0. The molecule has 1 fully saturated rings. The van der Waals surface area contributed by atoms with Crippen LogP contribution in [0.2, 0.25) is 0 Å². The van der Waals surface area contributed by atoms with Crippen LogP contribution in [0, 0.1) is 29.6 Å². The van der Waals surface area contributed by atoms with Gasteiger partial charge in [-0.1, -0.05) is 26.3 Å². The van der Waals surface area contributed by atoms with Crippen molar-refractivity contribution in [3.05, 3.63) is 11.6 Å². The first kappa shape index (κ1) is 13.3. The maximum Gasteiger partial charge on any atom is 0.306 e. The molecule has 0 bridgehead atoms. The number of fused-ring (bicyclic) bond motifs is 1. The third kappa shape index (κ3) is 2.23. The quantitative estimate of drug-likeness (QED) is 0.838. The molecule has 0 saturated heterocycles. The third-order valence-corrected chi connectivity index (χ3v) is 5.01. The molecule has 5 atom stereocenters. The van der Waals surface area contributed by atoms with Gasteiger partial charge in [-0.15, -0.1) is 0 Å². The number of hydrogen-bond acceptors (Lipinski definition) is 2. The van der Waals surface area contributed by atoms with Crippen LogP contribution in [0.25, 0.3) is 0 Å². The molecular formula is C15H22O3. The summed E-state index contributed by atoms with van der Waals surface area (Å²) >= 11 is 0. The van der Waals surface area contributed by atoms with Gasteiger partial charge in [0.15, 0.2) is 5.78 Å². The van der Waals surface area contributed by atoms with Crippen molar-refractivity contribution in [1.29, 1.82) is 0 Å². The van der Waals surface area contributed by atoms with Crippen molar-refractivity contribution in [3.8, 4) is 0 Å². The van der Waals surface area contributed by atoms with E-state index in [2.05, 4.69) is 13.0 Å². The Balaban J connectivity index is 2.24. The fourth-order valence-corrected chi connectivity index (χ4v) is 3.73. The number of rotatable bonds is 3. The Labute approximate surface area is 108 Å². The van der Waals surface area contributed by atoms with E-state index in [9.17, 15) is 14.7 Å². The van der Waals surface area contributed by atoms with Crippen LogP contribution in [0.15, 0.2) is 11.6 Å². The van der Waals surface area contributed by atoms with E-state index in [0.717, 1.165) is 24.8 Å². The van der Waals surface area contributed by atoms with E-state index in [-0.39, 0.29) is 17.6 Å². The highest BCUT2D eigenvalue weighted by Crippen LogP contribution is 2.49. The Hall–Kier alpha value is -1.12. The Morgan fingerprint density at radius 1 is 1.39 bits per heavy atom. The van der Waals surface area contributed by atoms with E-state index in [1.165, 1.54) is 0 Å². The minimum absolute atomic E-state index is 0.151. The van der Waals surface area contributed by atoms with Gasteiger partial charge in [-0.3, -0.25) is 9.59 Å². The highest BCUT2D eigenvalue weighted by molar-refractivity contribution is 5.93. The van der Waals surface area contributed by atoms with E-state index in [1.54, 1.807) is 13.8 Å². The summed E-state index contributed by atoms with van der Waals surface area (Å²) < 4.78 is 0. The molecule has 0 radical (unpaired) electrons. The first-order chi connectivity index (χ1) is 8.41. The predicted molar refractivity (Wildman–Crippen MR) is 69.0 cm³/mol. The van der Waals surface area contributed by atoms with Gasteiger partial charge in [0.1, 0.15) is 0 Å². The fraction of sp³-hybridized carbons (Fsp3) is 0.733. The lowest BCUT2D eigenvalue weighted by atomic mass is 9.65. The third-order valence-electron chi connectivity index (χ3n) is 5.01. The second-order valence-corrected chi connectivity index (χ2v) is 6.04. The van der Waals surface area contributed by atoms with Crippen LogP contribution >= 0.6 is 0 Å². The highest BCUT2D eigenvalue weighted by Gasteiger charge is 2.44. The number of allylic oxidation sites excluding steroid dienone is 2. The second-order valence-electron chi connectivity index (χ2n) is 6.04. The van der Waals surface area contributed by atoms with Crippen molar-refractivity contribution in [2.75, 3.05) is 0 Å². The zero-order chi connectivity index (χ0) is 13.4. The SMILES string of the molecule is CC(=O)C1=C[C@H]2C([C@@H](C)C(=O)O)CC[C@@H](C)[C@@H]2C1. The Morgan fingerprint density at radius 3 is 2.61 bits per heavy atom. The number of Topliss-reactive ketones (excluding diaryl/α,β-unsaturated/α-hetero) is 1. The Morgan fingerprint density at radius 2 is 2.06 bits per heavy atom. The number of aliphatic carboxylic acids is 1. The zero-order valence-electron chi connectivity index (χ0n) is 11.3. The van der Waals surface area contributed by atoms with E-state index >= 15 is 0 Å². The smallest absolute Gasteiger partial charge is 0.306 e. The number of hydrogen-bond donors (Lipinski definition) is 1. The number of carboxylic acid groups (broad SMARTS) is 1. The predicted octanol–water partition coefficient (Wildman–Crippen LogP) is 2.90. The zero-order valence-corrected chi connectivity index (χ0v) is 11.3. The molecule has 2 aliphatic carbocycles. The number of carboxylic acids is 1. The maximum atomic E-state index is 11.5. The van der Waals surface area contributed by atoms with Gasteiger partial charge >= 0.3 is 5.97 Å². The molecule has 3 nitrogen and oxygen atoms in total. The van der Waals surface area contributed by atoms with Crippen molar-refractivity contribution >= 4 is 11.8 Å². The maximum absolute atomic E-state index is 11.5. The van der Waals surface area contributed by atoms with Gasteiger partial charge in [0.05, 0.1) is 5.92 Å². The molecule has 0 heterocycles. The minimum atomic E-state index is -0.710. The molecule has 0 amide bonds. The summed E-state index contributed by atoms with van der Waals surface area (Å²) in [5.74, 6) is 0.688. The molecule has 0 aromatic carbocycles. The first-order valence-electron chi connectivity index (χ1n) is 6.86. The molecule has 100 valence electrons. The summed E-state index contributed by atoms with van der Waals surface area (Å²) in [5.41, 5.74) is 0.918. The lowest BCUT2D eigenvalue weighted by Gasteiger charge is -2.39. The normalized spacial score (nSPS) is 36.7. The molecule has 18 heavy (non-hydrogen) atoms. The van der Waals surface area contributed by atoms with Crippen LogP contribution in [0.5, 0.6) is 0 Å². The van der Waals surface area contributed by atoms with Crippen LogP contribution in [0.1, 0.15) is 40.0 Å². The summed E-state index contributed by atoms with van der Waals surface area (Å²) in [5, 5.41) is 9.21. The summed E-state index contributed by atoms with van der Waals surface area (Å²) in [4.78, 5) is 22.7. The van der Waals surface area contributed by atoms with Crippen LogP contribution < -0.4 is 0 Å². The molecule has 1 saturated carbocycles. The average Bonchev–Trinajstić information content (AvgIpc) is 2.74. The Kier molecular flexibility index (Phi) is 3.60. The van der Waals surface area contributed by atoms with E-state index in [4.69, 9.17) is 0 Å². The van der Waals surface area contributed by atoms with Gasteiger partial charge in [-0.05, 0) is 49.0 Å². The molecule has 1 unspecified atom stereocenters. The monoisotopic (exact) mass is 250 g/mol. The first-order valence-corrected chi connectivity index (χ1v) is 6.86. The van der Waals surface area contributed by atoms with Crippen LogP contribution in [-0.2, 0) is 9.59 Å². The van der Waals surface area contributed by atoms with E-state index < -0.39 is 5.97 Å². The van der Waals surface area contributed by atoms with Gasteiger partial charge < -0.3 is 5.11 Å². The number of carbonyl (C=O) groups excluding carboxylic acids is 1. The van der Waals surface area contributed by atoms with Crippen molar-refractivity contribution in [2.24, 2.45) is 29.6 Å². The molecule has 1 N–H and O–H groups in total. The summed E-state index contributed by atoms with van der Waals surface area (Å²) in [6, 6.07) is 0. The van der Waals surface area contributed by atoms with E-state index in [1.807, 2.05) is 0 Å². The average molecular weight is 250 g/mol. The van der Waals surface area contributed by atoms with Gasteiger partial charge in [0.25, 0.3) is 0 Å². The Bertz CT molecular complexity index is 397. The van der Waals surface area contributed by atoms with Crippen LogP contribution in [-0.4, -0.2) is 16.9 Å². The van der Waals surface area contributed by atoms with Crippen molar-refractivity contribution in [2.45, 2.75) is 40.0 Å². The lowest BCUT2D eigenvalue weighted by Crippen LogP contribution is -2.36. The fourth-order valence-electron chi connectivity index (χ4n) is 3.73. The van der Waals surface area contributed by atoms with Crippen molar-refractivity contribution in [3.63, 3.8) is 0 Å². The molecule has 3 heteroatoms. The van der Waals surface area contributed by atoms with Gasteiger partial charge in [-0.2, -0.15) is 0 Å². The molecule has 0 aromatic heterocycles. The topological polar surface area (TPSA) is 54.4 Å². The molecule has 2 aliphatic rings. The van der Waals surface area contributed by atoms with Crippen LogP contribution in [0.3, 0.4) is 0 Å².